The molecule has 0 spiro atoms. The Hall–Kier alpha value is -3.41. The second kappa shape index (κ2) is 9.16. The molecule has 4 rings (SSSR count). The summed E-state index contributed by atoms with van der Waals surface area (Å²) in [5.41, 5.74) is 4.16. The fourth-order valence-electron chi connectivity index (χ4n) is 4.07. The van der Waals surface area contributed by atoms with Crippen LogP contribution in [0.5, 0.6) is 0 Å². The van der Waals surface area contributed by atoms with Gasteiger partial charge in [-0.3, -0.25) is 9.59 Å². The number of rotatable bonds is 7. The average Bonchev–Trinajstić information content (AvgIpc) is 3.38. The Balaban J connectivity index is 1.65. The minimum atomic E-state index is -0.342. The third-order valence-corrected chi connectivity index (χ3v) is 5.69. The molecule has 0 radical (unpaired) electrons. The van der Waals surface area contributed by atoms with E-state index in [-0.39, 0.29) is 24.2 Å². The second-order valence-electron chi connectivity index (χ2n) is 7.94. The van der Waals surface area contributed by atoms with Gasteiger partial charge in [0.15, 0.2) is 5.82 Å². The molecule has 31 heavy (non-hydrogen) atoms. The first-order valence-electron chi connectivity index (χ1n) is 10.9. The second-order valence-corrected chi connectivity index (χ2v) is 7.94. The molecule has 0 saturated carbocycles. The Morgan fingerprint density at radius 3 is 2.61 bits per heavy atom. The predicted octanol–water partition coefficient (Wildman–Crippen LogP) is 4.30. The topological polar surface area (TPSA) is 67.2 Å². The smallest absolute Gasteiger partial charge is 0.230 e. The van der Waals surface area contributed by atoms with Gasteiger partial charge in [0, 0.05) is 31.1 Å². The van der Waals surface area contributed by atoms with Crippen LogP contribution in [0.4, 0.5) is 5.82 Å². The lowest BCUT2D eigenvalue weighted by Crippen LogP contribution is -2.28. The lowest BCUT2D eigenvalue weighted by Gasteiger charge is -2.13. The van der Waals surface area contributed by atoms with Crippen molar-refractivity contribution in [3.05, 3.63) is 66.2 Å². The summed E-state index contributed by atoms with van der Waals surface area (Å²) < 4.78 is 1.86. The predicted molar refractivity (Wildman–Crippen MR) is 122 cm³/mol. The highest BCUT2D eigenvalue weighted by atomic mass is 16.2. The van der Waals surface area contributed by atoms with Gasteiger partial charge in [0.25, 0.3) is 0 Å². The summed E-state index contributed by atoms with van der Waals surface area (Å²) in [5, 5.41) is 7.63. The largest absolute Gasteiger partial charge is 0.342 e. The first-order valence-corrected chi connectivity index (χ1v) is 10.9. The monoisotopic (exact) mass is 416 g/mol. The molecule has 1 saturated heterocycles. The lowest BCUT2D eigenvalue weighted by atomic mass is 10.0. The van der Waals surface area contributed by atoms with E-state index in [1.807, 2.05) is 48.0 Å². The molecular formula is C25H28N4O2. The van der Waals surface area contributed by atoms with Crippen LogP contribution in [-0.2, 0) is 16.0 Å². The van der Waals surface area contributed by atoms with E-state index in [4.69, 9.17) is 0 Å². The van der Waals surface area contributed by atoms with Crippen molar-refractivity contribution in [1.29, 1.82) is 0 Å². The highest BCUT2D eigenvalue weighted by molar-refractivity contribution is 5.97. The molecule has 1 aliphatic heterocycles. The number of benzene rings is 2. The van der Waals surface area contributed by atoms with E-state index < -0.39 is 0 Å². The molecule has 1 fully saturated rings. The standard InChI is InChI=1S/C25H28N4O2/c1-3-9-18-10-8-11-19(14-18)22-16-23(27-29(22)21-12-6-5-7-13-21)26-25(31)20-15-24(30)28(4-2)17-20/h5-8,10-14,16,20H,3-4,9,15,17H2,1-2H3,(H,26,27,31)/t20-/m0/s1. The number of aryl methyl sites for hydroxylation is 1. The van der Waals surface area contributed by atoms with E-state index in [0.29, 0.717) is 18.9 Å². The van der Waals surface area contributed by atoms with E-state index >= 15 is 0 Å². The van der Waals surface area contributed by atoms with Gasteiger partial charge in [0.05, 0.1) is 17.3 Å². The number of aromatic nitrogens is 2. The van der Waals surface area contributed by atoms with Crippen LogP contribution in [0.3, 0.4) is 0 Å². The van der Waals surface area contributed by atoms with Crippen LogP contribution in [0.1, 0.15) is 32.3 Å². The molecule has 6 heteroatoms. The zero-order valence-corrected chi connectivity index (χ0v) is 18.0. The molecule has 1 N–H and O–H groups in total. The maximum absolute atomic E-state index is 12.8. The molecule has 0 unspecified atom stereocenters. The normalized spacial score (nSPS) is 16.0. The number of carbonyl (C=O) groups excluding carboxylic acids is 2. The number of amides is 2. The minimum absolute atomic E-state index is 0.0332. The number of likely N-dealkylation sites (tertiary alicyclic amines) is 1. The maximum Gasteiger partial charge on any atom is 0.230 e. The SMILES string of the molecule is CCCc1cccc(-c2cc(NC(=O)[C@H]3CC(=O)N(CC)C3)nn2-c2ccccc2)c1. The molecule has 0 aliphatic carbocycles. The Morgan fingerprint density at radius 2 is 1.90 bits per heavy atom. The molecule has 3 aromatic rings. The van der Waals surface area contributed by atoms with Crippen LogP contribution in [0.15, 0.2) is 60.7 Å². The summed E-state index contributed by atoms with van der Waals surface area (Å²) in [6, 6.07) is 20.2. The van der Waals surface area contributed by atoms with E-state index in [1.54, 1.807) is 4.90 Å². The Bertz CT molecular complexity index is 1070. The first-order chi connectivity index (χ1) is 15.1. The zero-order valence-electron chi connectivity index (χ0n) is 18.0. The third kappa shape index (κ3) is 4.53. The van der Waals surface area contributed by atoms with Crippen LogP contribution >= 0.6 is 0 Å². The van der Waals surface area contributed by atoms with Crippen LogP contribution < -0.4 is 5.32 Å². The molecule has 1 atom stereocenters. The number of hydrogen-bond donors (Lipinski definition) is 1. The van der Waals surface area contributed by atoms with E-state index in [9.17, 15) is 9.59 Å². The van der Waals surface area contributed by atoms with Crippen molar-refractivity contribution in [3.8, 4) is 16.9 Å². The molecule has 1 aliphatic rings. The summed E-state index contributed by atoms with van der Waals surface area (Å²) in [4.78, 5) is 26.5. The van der Waals surface area contributed by atoms with Crippen molar-refractivity contribution < 1.29 is 9.59 Å². The van der Waals surface area contributed by atoms with Crippen LogP contribution in [0.25, 0.3) is 16.9 Å². The van der Waals surface area contributed by atoms with Gasteiger partial charge in [-0.05, 0) is 37.1 Å². The van der Waals surface area contributed by atoms with Crippen molar-refractivity contribution >= 4 is 17.6 Å². The highest BCUT2D eigenvalue weighted by Crippen LogP contribution is 2.28. The highest BCUT2D eigenvalue weighted by Gasteiger charge is 2.33. The molecule has 6 nitrogen and oxygen atoms in total. The van der Waals surface area contributed by atoms with Gasteiger partial charge in [-0.2, -0.15) is 0 Å². The summed E-state index contributed by atoms with van der Waals surface area (Å²) in [6.45, 7) is 5.19. The molecule has 2 heterocycles. The van der Waals surface area contributed by atoms with Gasteiger partial charge in [-0.15, -0.1) is 5.10 Å². The molecule has 160 valence electrons. The quantitative estimate of drug-likeness (QED) is 0.624. The van der Waals surface area contributed by atoms with Gasteiger partial charge in [0.1, 0.15) is 0 Å². The van der Waals surface area contributed by atoms with Gasteiger partial charge >= 0.3 is 0 Å². The van der Waals surface area contributed by atoms with Crippen LogP contribution in [0, 0.1) is 5.92 Å². The van der Waals surface area contributed by atoms with Crippen molar-refractivity contribution in [3.63, 3.8) is 0 Å². The Kier molecular flexibility index (Phi) is 6.16. The summed E-state index contributed by atoms with van der Waals surface area (Å²) in [6.07, 6.45) is 2.35. The Labute approximate surface area is 182 Å². The zero-order chi connectivity index (χ0) is 21.8. The fraction of sp³-hybridized carbons (Fsp3) is 0.320. The van der Waals surface area contributed by atoms with Crippen molar-refractivity contribution in [2.24, 2.45) is 5.92 Å². The third-order valence-electron chi connectivity index (χ3n) is 5.69. The minimum Gasteiger partial charge on any atom is -0.342 e. The number of nitrogens with zero attached hydrogens (tertiary/aromatic N) is 3. The average molecular weight is 417 g/mol. The molecule has 1 aromatic heterocycles. The molecule has 2 amide bonds. The summed E-state index contributed by atoms with van der Waals surface area (Å²) in [7, 11) is 0. The molecule has 2 aromatic carbocycles. The van der Waals surface area contributed by atoms with Gasteiger partial charge in [-0.25, -0.2) is 4.68 Å². The maximum atomic E-state index is 12.8. The molecular weight excluding hydrogens is 388 g/mol. The van der Waals surface area contributed by atoms with Gasteiger partial charge < -0.3 is 10.2 Å². The van der Waals surface area contributed by atoms with Crippen molar-refractivity contribution in [2.45, 2.75) is 33.1 Å². The number of hydrogen-bond acceptors (Lipinski definition) is 3. The van der Waals surface area contributed by atoms with E-state index in [0.717, 1.165) is 29.8 Å². The summed E-state index contributed by atoms with van der Waals surface area (Å²) >= 11 is 0. The van der Waals surface area contributed by atoms with E-state index in [2.05, 4.69) is 41.6 Å². The van der Waals surface area contributed by atoms with E-state index in [1.165, 1.54) is 5.56 Å². The van der Waals surface area contributed by atoms with Crippen LogP contribution in [-0.4, -0.2) is 39.6 Å². The van der Waals surface area contributed by atoms with Crippen molar-refractivity contribution in [1.82, 2.24) is 14.7 Å². The van der Waals surface area contributed by atoms with Crippen LogP contribution in [0.2, 0.25) is 0 Å². The number of para-hydroxylation sites is 1. The number of anilines is 1. The van der Waals surface area contributed by atoms with Crippen molar-refractivity contribution in [2.75, 3.05) is 18.4 Å². The fourth-order valence-corrected chi connectivity index (χ4v) is 4.07. The van der Waals surface area contributed by atoms with Gasteiger partial charge in [0.2, 0.25) is 11.8 Å². The number of nitrogens with one attached hydrogen (secondary N) is 1. The Morgan fingerprint density at radius 1 is 1.10 bits per heavy atom. The van der Waals surface area contributed by atoms with Gasteiger partial charge in [-0.1, -0.05) is 49.7 Å². The first kappa shape index (κ1) is 20.8. The summed E-state index contributed by atoms with van der Waals surface area (Å²) in [5.74, 6) is 0.0250. The number of carbonyl (C=O) groups is 2. The molecule has 0 bridgehead atoms. The lowest BCUT2D eigenvalue weighted by molar-refractivity contribution is -0.128.